The highest BCUT2D eigenvalue weighted by Gasteiger charge is 2.36. The minimum Gasteiger partial charge on any atom is -0.383 e. The molecule has 21 heavy (non-hydrogen) atoms. The Morgan fingerprint density at radius 1 is 1.29 bits per heavy atom. The maximum atomic E-state index is 12.3. The van der Waals surface area contributed by atoms with Gasteiger partial charge in [-0.25, -0.2) is 0 Å². The average molecular weight is 301 g/mol. The number of halogens is 3. The van der Waals surface area contributed by atoms with Crippen LogP contribution in [0.25, 0.3) is 0 Å². The number of ketones is 1. The van der Waals surface area contributed by atoms with Crippen LogP contribution < -0.4 is 0 Å². The van der Waals surface area contributed by atoms with Crippen molar-refractivity contribution < 1.29 is 22.7 Å². The number of rotatable bonds is 7. The average Bonchev–Trinajstić information content (AvgIpc) is 2.43. The molecule has 0 aliphatic heterocycles. The molecule has 0 fully saturated rings. The number of hydrogen-bond donors (Lipinski definition) is 0. The highest BCUT2D eigenvalue weighted by Crippen LogP contribution is 2.19. The number of allylic oxidation sites excluding steroid dienone is 2. The summed E-state index contributed by atoms with van der Waals surface area (Å²) in [6.45, 7) is 2.66. The summed E-state index contributed by atoms with van der Waals surface area (Å²) in [5.41, 5.74) is 1.21. The smallest absolute Gasteiger partial charge is 0.383 e. The van der Waals surface area contributed by atoms with Crippen LogP contribution in [0.3, 0.4) is 0 Å². The molecular formula is C15H18F3NO2. The molecular weight excluding hydrogens is 283 g/mol. The number of benzene rings is 1. The highest BCUT2D eigenvalue weighted by molar-refractivity contribution is 5.94. The van der Waals surface area contributed by atoms with Crippen LogP contribution in [-0.2, 0) is 16.1 Å². The number of carbonyl (C=O) groups is 1. The lowest BCUT2D eigenvalue weighted by Crippen LogP contribution is -2.28. The lowest BCUT2D eigenvalue weighted by molar-refractivity contribution is -0.165. The van der Waals surface area contributed by atoms with Crippen molar-refractivity contribution in [3.8, 4) is 0 Å². The van der Waals surface area contributed by atoms with Crippen LogP contribution >= 0.6 is 0 Å². The molecule has 0 radical (unpaired) electrons. The second-order valence-corrected chi connectivity index (χ2v) is 4.55. The molecule has 1 aromatic rings. The Bertz CT molecular complexity index is 483. The lowest BCUT2D eigenvalue weighted by Gasteiger charge is -2.25. The molecule has 0 atom stereocenters. The van der Waals surface area contributed by atoms with Crippen molar-refractivity contribution in [3.05, 3.63) is 47.7 Å². The molecule has 0 N–H and O–H groups in total. The van der Waals surface area contributed by atoms with Gasteiger partial charge in [0.05, 0.1) is 6.61 Å². The summed E-state index contributed by atoms with van der Waals surface area (Å²) in [4.78, 5) is 12.7. The zero-order valence-corrected chi connectivity index (χ0v) is 12.0. The van der Waals surface area contributed by atoms with Crippen molar-refractivity contribution in [2.24, 2.45) is 0 Å². The molecule has 0 heterocycles. The maximum Gasteiger partial charge on any atom is 0.454 e. The van der Waals surface area contributed by atoms with E-state index in [2.05, 4.69) is 0 Å². The van der Waals surface area contributed by atoms with Crippen LogP contribution in [0, 0.1) is 0 Å². The number of methoxy groups -OCH3 is 1. The van der Waals surface area contributed by atoms with E-state index in [1.54, 1.807) is 4.90 Å². The molecule has 116 valence electrons. The van der Waals surface area contributed by atoms with Crippen molar-refractivity contribution in [3.63, 3.8) is 0 Å². The Balaban J connectivity index is 2.86. The maximum absolute atomic E-state index is 12.3. The summed E-state index contributed by atoms with van der Waals surface area (Å²) in [7, 11) is 1.51. The van der Waals surface area contributed by atoms with Gasteiger partial charge in [-0.3, -0.25) is 4.79 Å². The van der Waals surface area contributed by atoms with E-state index in [1.165, 1.54) is 14.0 Å². The Morgan fingerprint density at radius 3 is 2.43 bits per heavy atom. The van der Waals surface area contributed by atoms with Gasteiger partial charge in [-0.15, -0.1) is 0 Å². The van der Waals surface area contributed by atoms with Crippen LogP contribution in [0.5, 0.6) is 0 Å². The predicted octanol–water partition coefficient (Wildman–Crippen LogP) is 3.17. The first-order valence-corrected chi connectivity index (χ1v) is 6.42. The van der Waals surface area contributed by atoms with E-state index < -0.39 is 12.0 Å². The number of nitrogens with zero attached hydrogens (tertiary/aromatic N) is 1. The fourth-order valence-electron chi connectivity index (χ4n) is 1.75. The molecule has 0 unspecified atom stereocenters. The Hall–Kier alpha value is -1.82. The van der Waals surface area contributed by atoms with Crippen molar-refractivity contribution >= 4 is 5.78 Å². The van der Waals surface area contributed by atoms with E-state index in [1.807, 2.05) is 30.3 Å². The van der Waals surface area contributed by atoms with Gasteiger partial charge in [0.25, 0.3) is 5.78 Å². The van der Waals surface area contributed by atoms with Gasteiger partial charge in [0.2, 0.25) is 0 Å². The first-order valence-electron chi connectivity index (χ1n) is 6.42. The van der Waals surface area contributed by atoms with E-state index in [-0.39, 0.29) is 5.70 Å². The Kier molecular flexibility index (Phi) is 6.42. The molecule has 1 aromatic carbocycles. The van der Waals surface area contributed by atoms with Gasteiger partial charge < -0.3 is 9.64 Å². The monoisotopic (exact) mass is 301 g/mol. The van der Waals surface area contributed by atoms with E-state index in [4.69, 9.17) is 4.74 Å². The number of hydrogen-bond acceptors (Lipinski definition) is 3. The second kappa shape index (κ2) is 7.83. The standard InChI is InChI=1S/C15H18F3NO2/c1-12(10-14(20)15(16,17)18)19(8-9-21-2)11-13-6-4-3-5-7-13/h3-7,10H,8-9,11H2,1-2H3/b12-10+. The Labute approximate surface area is 122 Å². The van der Waals surface area contributed by atoms with Gasteiger partial charge in [0.15, 0.2) is 0 Å². The summed E-state index contributed by atoms with van der Waals surface area (Å²) in [6.07, 6.45) is -4.22. The van der Waals surface area contributed by atoms with Gasteiger partial charge in [-0.1, -0.05) is 30.3 Å². The topological polar surface area (TPSA) is 29.5 Å². The molecule has 0 amide bonds. The largest absolute Gasteiger partial charge is 0.454 e. The summed E-state index contributed by atoms with van der Waals surface area (Å²) >= 11 is 0. The van der Waals surface area contributed by atoms with Crippen LogP contribution in [0.2, 0.25) is 0 Å². The van der Waals surface area contributed by atoms with Crippen molar-refractivity contribution in [1.29, 1.82) is 0 Å². The molecule has 0 spiro atoms. The number of carbonyl (C=O) groups excluding carboxylic acids is 1. The van der Waals surface area contributed by atoms with Crippen molar-refractivity contribution in [1.82, 2.24) is 4.90 Å². The van der Waals surface area contributed by atoms with Crippen LogP contribution in [0.1, 0.15) is 12.5 Å². The first kappa shape index (κ1) is 17.2. The first-order chi connectivity index (χ1) is 9.84. The molecule has 0 saturated heterocycles. The highest BCUT2D eigenvalue weighted by atomic mass is 19.4. The quantitative estimate of drug-likeness (QED) is 0.725. The summed E-state index contributed by atoms with van der Waals surface area (Å²) in [6, 6.07) is 9.31. The van der Waals surface area contributed by atoms with Gasteiger partial charge in [-0.2, -0.15) is 13.2 Å². The predicted molar refractivity (Wildman–Crippen MR) is 73.5 cm³/mol. The molecule has 0 aliphatic carbocycles. The molecule has 0 bridgehead atoms. The van der Waals surface area contributed by atoms with E-state index in [9.17, 15) is 18.0 Å². The SMILES string of the molecule is COCCN(Cc1ccccc1)/C(C)=C/C(=O)C(F)(F)F. The Morgan fingerprint density at radius 2 is 1.90 bits per heavy atom. The zero-order chi connectivity index (χ0) is 15.9. The van der Waals surface area contributed by atoms with Crippen molar-refractivity contribution in [2.75, 3.05) is 20.3 Å². The zero-order valence-electron chi connectivity index (χ0n) is 12.0. The summed E-state index contributed by atoms with van der Waals surface area (Å²) in [5, 5.41) is 0. The molecule has 0 aromatic heterocycles. The molecule has 1 rings (SSSR count). The third-order valence-electron chi connectivity index (χ3n) is 2.90. The minimum absolute atomic E-state index is 0.262. The van der Waals surface area contributed by atoms with E-state index in [0.717, 1.165) is 5.56 Å². The second-order valence-electron chi connectivity index (χ2n) is 4.55. The van der Waals surface area contributed by atoms with Gasteiger partial charge in [-0.05, 0) is 12.5 Å². The minimum atomic E-state index is -4.85. The molecule has 0 aliphatic rings. The van der Waals surface area contributed by atoms with Gasteiger partial charge in [0.1, 0.15) is 0 Å². The van der Waals surface area contributed by atoms with E-state index >= 15 is 0 Å². The third kappa shape index (κ3) is 5.99. The van der Waals surface area contributed by atoms with Crippen LogP contribution in [0.15, 0.2) is 42.1 Å². The molecule has 6 heteroatoms. The third-order valence-corrected chi connectivity index (χ3v) is 2.90. The normalized spacial score (nSPS) is 12.3. The number of alkyl halides is 3. The number of ether oxygens (including phenoxy) is 1. The fourth-order valence-corrected chi connectivity index (χ4v) is 1.75. The molecule has 0 saturated carbocycles. The van der Waals surface area contributed by atoms with E-state index in [0.29, 0.717) is 25.8 Å². The van der Waals surface area contributed by atoms with Crippen molar-refractivity contribution in [2.45, 2.75) is 19.6 Å². The fraction of sp³-hybridized carbons (Fsp3) is 0.400. The molecule has 3 nitrogen and oxygen atoms in total. The summed E-state index contributed by atoms with van der Waals surface area (Å²) in [5.74, 6) is -1.85. The van der Waals surface area contributed by atoms with Crippen LogP contribution in [0.4, 0.5) is 13.2 Å². The lowest BCUT2D eigenvalue weighted by atomic mass is 10.2. The van der Waals surface area contributed by atoms with Gasteiger partial charge in [0, 0.05) is 32.0 Å². The van der Waals surface area contributed by atoms with Gasteiger partial charge >= 0.3 is 6.18 Å². The van der Waals surface area contributed by atoms with Crippen LogP contribution in [-0.4, -0.2) is 37.1 Å². The summed E-state index contributed by atoms with van der Waals surface area (Å²) < 4.78 is 41.9.